The van der Waals surface area contributed by atoms with Gasteiger partial charge < -0.3 is 9.80 Å². The van der Waals surface area contributed by atoms with Crippen molar-refractivity contribution < 1.29 is 0 Å². The third kappa shape index (κ3) is 7.00. The van der Waals surface area contributed by atoms with E-state index in [-0.39, 0.29) is 5.41 Å². The van der Waals surface area contributed by atoms with Crippen LogP contribution in [0.15, 0.2) is 212 Å². The molecule has 2 heterocycles. The maximum absolute atomic E-state index is 2.56. The number of nitrogens with zero attached hydrogens (tertiary/aromatic N) is 2. The Hall–Kier alpha value is -7.94. The van der Waals surface area contributed by atoms with Crippen molar-refractivity contribution in [1.29, 1.82) is 0 Å². The molecule has 13 rings (SSSR count). The Morgan fingerprint density at radius 1 is 0.420 bits per heavy atom. The molecular weight excluding hydrogens is 833 g/mol. The van der Waals surface area contributed by atoms with Crippen LogP contribution in [0, 0.1) is 0 Å². The molecule has 10 aromatic rings. The van der Waals surface area contributed by atoms with Gasteiger partial charge in [0.15, 0.2) is 0 Å². The van der Waals surface area contributed by atoms with E-state index in [1.54, 1.807) is 0 Å². The van der Waals surface area contributed by atoms with Gasteiger partial charge in [-0.15, -0.1) is 0 Å². The molecule has 0 bridgehead atoms. The first-order chi connectivity index (χ1) is 34.0. The van der Waals surface area contributed by atoms with Gasteiger partial charge in [0.25, 0.3) is 0 Å². The smallest absolute Gasteiger partial charge is 0.0443 e. The van der Waals surface area contributed by atoms with Crippen molar-refractivity contribution in [3.8, 4) is 33.4 Å². The van der Waals surface area contributed by atoms with Gasteiger partial charge in [0, 0.05) is 41.3 Å². The van der Waals surface area contributed by atoms with Crippen LogP contribution in [0.2, 0.25) is 0 Å². The summed E-state index contributed by atoms with van der Waals surface area (Å²) < 4.78 is 0. The molecule has 332 valence electrons. The average molecular weight is 887 g/mol. The van der Waals surface area contributed by atoms with Crippen LogP contribution in [0.4, 0.5) is 22.7 Å². The second-order valence-electron chi connectivity index (χ2n) is 19.8. The van der Waals surface area contributed by atoms with Crippen LogP contribution in [-0.2, 0) is 18.3 Å². The molecule has 1 aliphatic carbocycles. The van der Waals surface area contributed by atoms with E-state index in [1.165, 1.54) is 122 Å². The van der Waals surface area contributed by atoms with Crippen LogP contribution in [0.1, 0.15) is 65.6 Å². The van der Waals surface area contributed by atoms with Crippen LogP contribution in [0.3, 0.4) is 0 Å². The van der Waals surface area contributed by atoms with Gasteiger partial charge in [-0.1, -0.05) is 178 Å². The monoisotopic (exact) mass is 886 g/mol. The van der Waals surface area contributed by atoms with Gasteiger partial charge in [-0.05, 0) is 180 Å². The van der Waals surface area contributed by atoms with Crippen molar-refractivity contribution in [1.82, 2.24) is 0 Å². The van der Waals surface area contributed by atoms with Gasteiger partial charge in [0.05, 0.1) is 0 Å². The zero-order valence-electron chi connectivity index (χ0n) is 39.4. The van der Waals surface area contributed by atoms with Crippen molar-refractivity contribution in [3.05, 3.63) is 251 Å². The maximum Gasteiger partial charge on any atom is 0.0443 e. The molecule has 2 aliphatic heterocycles. The third-order valence-corrected chi connectivity index (χ3v) is 15.5. The highest BCUT2D eigenvalue weighted by molar-refractivity contribution is 6.23. The van der Waals surface area contributed by atoms with Gasteiger partial charge in [-0.2, -0.15) is 0 Å². The molecule has 0 aromatic heterocycles. The molecular formula is C67H54N2. The van der Waals surface area contributed by atoms with E-state index >= 15 is 0 Å². The fraction of sp³-hybridized carbons (Fsp3) is 0.134. The summed E-state index contributed by atoms with van der Waals surface area (Å²) in [6.07, 6.45) is 6.84. The molecule has 0 radical (unpaired) electrons. The van der Waals surface area contributed by atoms with Crippen molar-refractivity contribution in [2.45, 2.75) is 44.9 Å². The normalized spacial score (nSPS) is 14.5. The summed E-state index contributed by atoms with van der Waals surface area (Å²) in [5.74, 6) is 0. The Balaban J connectivity index is 1.10. The molecule has 0 amide bonds. The minimum Gasteiger partial charge on any atom is -0.341 e. The lowest BCUT2D eigenvalue weighted by Gasteiger charge is -2.32. The summed E-state index contributed by atoms with van der Waals surface area (Å²) in [5.41, 5.74) is 23.1. The summed E-state index contributed by atoms with van der Waals surface area (Å²) in [4.78, 5) is 5.12. The number of hydrogen-bond donors (Lipinski definition) is 0. The number of rotatable bonds is 7. The summed E-state index contributed by atoms with van der Waals surface area (Å²) in [5, 5.41) is 5.08. The molecule has 10 aromatic carbocycles. The Labute approximate surface area is 406 Å². The van der Waals surface area contributed by atoms with Crippen LogP contribution in [0.25, 0.3) is 66.6 Å². The van der Waals surface area contributed by atoms with E-state index in [0.717, 1.165) is 38.8 Å². The molecule has 0 saturated heterocycles. The molecule has 2 nitrogen and oxygen atoms in total. The number of aryl methyl sites for hydroxylation is 2. The van der Waals surface area contributed by atoms with Crippen molar-refractivity contribution in [3.63, 3.8) is 0 Å². The molecule has 69 heavy (non-hydrogen) atoms. The van der Waals surface area contributed by atoms with E-state index in [2.05, 4.69) is 242 Å². The Kier molecular flexibility index (Phi) is 9.98. The molecule has 0 N–H and O–H groups in total. The first-order valence-corrected chi connectivity index (χ1v) is 24.9. The van der Waals surface area contributed by atoms with Gasteiger partial charge >= 0.3 is 0 Å². The van der Waals surface area contributed by atoms with E-state index in [4.69, 9.17) is 0 Å². The van der Waals surface area contributed by atoms with Crippen LogP contribution >= 0.6 is 0 Å². The fourth-order valence-electron chi connectivity index (χ4n) is 12.1. The van der Waals surface area contributed by atoms with E-state index in [9.17, 15) is 0 Å². The fourth-order valence-corrected chi connectivity index (χ4v) is 12.1. The van der Waals surface area contributed by atoms with Gasteiger partial charge in [0.2, 0.25) is 0 Å². The zero-order valence-corrected chi connectivity index (χ0v) is 39.4. The van der Waals surface area contributed by atoms with Gasteiger partial charge in [0.1, 0.15) is 0 Å². The zero-order chi connectivity index (χ0) is 46.1. The molecule has 0 unspecified atom stereocenters. The SMILES string of the molecule is CC1(C)c2ccccc2-c2ccc(-c3c4ccc(N5CCCc6ccccc65)cc4c(-c4cccc(C=C(c5ccccc5)c5ccccc5)c4)c4ccc(N5CCCc6ccccc65)cc34)cc21. The lowest BCUT2D eigenvalue weighted by Crippen LogP contribution is -2.24. The molecule has 2 heteroatoms. The summed E-state index contributed by atoms with van der Waals surface area (Å²) >= 11 is 0. The van der Waals surface area contributed by atoms with Crippen LogP contribution < -0.4 is 9.80 Å². The topological polar surface area (TPSA) is 6.48 Å². The maximum atomic E-state index is 2.56. The Morgan fingerprint density at radius 2 is 0.942 bits per heavy atom. The number of para-hydroxylation sites is 2. The largest absolute Gasteiger partial charge is 0.341 e. The quantitative estimate of drug-likeness (QED) is 0.116. The van der Waals surface area contributed by atoms with E-state index < -0.39 is 0 Å². The van der Waals surface area contributed by atoms with Crippen molar-refractivity contribution >= 4 is 55.9 Å². The average Bonchev–Trinajstić information content (AvgIpc) is 3.64. The Morgan fingerprint density at radius 3 is 1.55 bits per heavy atom. The minimum atomic E-state index is -0.128. The third-order valence-electron chi connectivity index (χ3n) is 15.5. The first-order valence-electron chi connectivity index (χ1n) is 24.9. The molecule has 0 spiro atoms. The molecule has 0 fully saturated rings. The second-order valence-corrected chi connectivity index (χ2v) is 19.8. The first kappa shape index (κ1) is 41.3. The highest BCUT2D eigenvalue weighted by atomic mass is 15.1. The van der Waals surface area contributed by atoms with Gasteiger partial charge in [-0.3, -0.25) is 0 Å². The highest BCUT2D eigenvalue weighted by Crippen LogP contribution is 2.52. The second kappa shape index (κ2) is 16.7. The predicted octanol–water partition coefficient (Wildman–Crippen LogP) is 17.4. The number of fused-ring (bicyclic) bond motifs is 7. The summed E-state index contributed by atoms with van der Waals surface area (Å²) in [6.45, 7) is 6.78. The predicted molar refractivity (Wildman–Crippen MR) is 293 cm³/mol. The standard InChI is InChI=1S/C67H54N2/c1-67(2)61-29-12-11-28-54(61)55-35-32-51(42-62(55)67)66-57-37-34-52(68-38-16-26-48-23-9-13-30-63(48)68)43-59(57)65(56-36-33-53(44-60(56)66)69-39-17-27-49-24-10-14-31-64(49)69)50-25-15-18-45(40-50)41-58(46-19-5-3-6-20-46)47-21-7-4-8-22-47/h3-15,18-25,28-37,40-44H,16-17,26-27,38-39H2,1-2H3. The molecule has 3 aliphatic rings. The number of benzene rings is 10. The van der Waals surface area contributed by atoms with Crippen molar-refractivity contribution in [2.24, 2.45) is 0 Å². The lowest BCUT2D eigenvalue weighted by molar-refractivity contribution is 0.660. The van der Waals surface area contributed by atoms with E-state index in [1.807, 2.05) is 0 Å². The summed E-state index contributed by atoms with van der Waals surface area (Å²) in [6, 6.07) is 80.0. The van der Waals surface area contributed by atoms with Crippen LogP contribution in [0.5, 0.6) is 0 Å². The molecule has 0 saturated carbocycles. The highest BCUT2D eigenvalue weighted by Gasteiger charge is 2.36. The Bertz CT molecular complexity index is 3610. The van der Waals surface area contributed by atoms with E-state index in [0.29, 0.717) is 0 Å². The minimum absolute atomic E-state index is 0.128. The summed E-state index contributed by atoms with van der Waals surface area (Å²) in [7, 11) is 0. The van der Waals surface area contributed by atoms with Gasteiger partial charge in [-0.25, -0.2) is 0 Å². The van der Waals surface area contributed by atoms with Crippen molar-refractivity contribution in [2.75, 3.05) is 22.9 Å². The molecule has 0 atom stereocenters. The number of hydrogen-bond acceptors (Lipinski definition) is 2. The van der Waals surface area contributed by atoms with Crippen LogP contribution in [-0.4, -0.2) is 13.1 Å². The lowest BCUT2D eigenvalue weighted by atomic mass is 9.80. The number of anilines is 4.